The first-order valence-corrected chi connectivity index (χ1v) is 16.9. The molecule has 2 aliphatic heterocycles. The van der Waals surface area contributed by atoms with E-state index in [0.29, 0.717) is 38.9 Å². The maximum atomic E-state index is 14.3. The average molecular weight is 673 g/mol. The minimum atomic E-state index is -1.28. The summed E-state index contributed by atoms with van der Waals surface area (Å²) in [5, 5.41) is 11.6. The Morgan fingerprint density at radius 2 is 1.67 bits per heavy atom. The van der Waals surface area contributed by atoms with Crippen LogP contribution in [0, 0.1) is 11.7 Å². The maximum Gasteiger partial charge on any atom is 0.255 e. The van der Waals surface area contributed by atoms with Gasteiger partial charge in [-0.2, -0.15) is 0 Å². The van der Waals surface area contributed by atoms with Crippen molar-refractivity contribution in [3.05, 3.63) is 101 Å². The molecular weight excluding hydrogens is 627 g/mol. The summed E-state index contributed by atoms with van der Waals surface area (Å²) in [5.41, 5.74) is 1.31. The molecule has 49 heavy (non-hydrogen) atoms. The molecule has 1 saturated heterocycles. The second-order valence-electron chi connectivity index (χ2n) is 13.3. The zero-order chi connectivity index (χ0) is 34.8. The highest BCUT2D eigenvalue weighted by Crippen LogP contribution is 2.34. The molecule has 0 saturated carbocycles. The molecule has 10 nitrogen and oxygen atoms in total. The fourth-order valence-electron chi connectivity index (χ4n) is 6.44. The van der Waals surface area contributed by atoms with Gasteiger partial charge in [0.1, 0.15) is 30.3 Å². The van der Waals surface area contributed by atoms with E-state index in [9.17, 15) is 23.6 Å². The molecule has 3 aromatic rings. The van der Waals surface area contributed by atoms with Crippen LogP contribution in [0.1, 0.15) is 61.0 Å². The normalized spacial score (nSPS) is 21.6. The van der Waals surface area contributed by atoms with Crippen molar-refractivity contribution in [1.82, 2.24) is 21.3 Å². The van der Waals surface area contributed by atoms with Gasteiger partial charge in [-0.15, -0.1) is 0 Å². The zero-order valence-electron chi connectivity index (χ0n) is 28.0. The van der Waals surface area contributed by atoms with Gasteiger partial charge in [-0.3, -0.25) is 19.2 Å². The molecule has 2 aliphatic rings. The average Bonchev–Trinajstić information content (AvgIpc) is 3.09. The topological polar surface area (TPSA) is 135 Å². The SMILES string of the molecule is CC(C)C[C@@H]1NC(=O)C[C@@H](C(=O)NCC2(c3cccc(F)c3)CCOCC2)NC(=O)c2ccccc2OC[C@@H](Cc2ccccc2)NC1=O. The predicted molar refractivity (Wildman–Crippen MR) is 182 cm³/mol. The fourth-order valence-corrected chi connectivity index (χ4v) is 6.44. The Kier molecular flexibility index (Phi) is 12.0. The lowest BCUT2D eigenvalue weighted by atomic mass is 9.74. The van der Waals surface area contributed by atoms with E-state index in [0.717, 1.165) is 11.1 Å². The van der Waals surface area contributed by atoms with E-state index in [1.54, 1.807) is 30.3 Å². The van der Waals surface area contributed by atoms with Crippen LogP contribution >= 0.6 is 0 Å². The number of carbonyl (C=O) groups is 4. The van der Waals surface area contributed by atoms with E-state index in [1.807, 2.05) is 50.2 Å². The zero-order valence-corrected chi connectivity index (χ0v) is 28.0. The van der Waals surface area contributed by atoms with Crippen LogP contribution in [-0.4, -0.2) is 68.1 Å². The fraction of sp³-hybridized carbons (Fsp3) is 0.421. The van der Waals surface area contributed by atoms with Gasteiger partial charge in [-0.05, 0) is 67.0 Å². The first kappa shape index (κ1) is 35.5. The monoisotopic (exact) mass is 672 g/mol. The quantitative estimate of drug-likeness (QED) is 0.288. The summed E-state index contributed by atoms with van der Waals surface area (Å²) < 4.78 is 26.0. The lowest BCUT2D eigenvalue weighted by Crippen LogP contribution is -2.55. The second-order valence-corrected chi connectivity index (χ2v) is 13.3. The number of halogens is 1. The van der Waals surface area contributed by atoms with Crippen LogP contribution in [0.15, 0.2) is 78.9 Å². The van der Waals surface area contributed by atoms with Crippen molar-refractivity contribution in [2.24, 2.45) is 5.92 Å². The Morgan fingerprint density at radius 1 is 0.939 bits per heavy atom. The summed E-state index contributed by atoms with van der Waals surface area (Å²) in [5.74, 6) is -2.12. The van der Waals surface area contributed by atoms with Gasteiger partial charge in [-0.1, -0.05) is 68.4 Å². The summed E-state index contributed by atoms with van der Waals surface area (Å²) in [7, 11) is 0. The Balaban J connectivity index is 1.41. The van der Waals surface area contributed by atoms with Gasteiger partial charge < -0.3 is 30.7 Å². The van der Waals surface area contributed by atoms with Crippen molar-refractivity contribution in [1.29, 1.82) is 0 Å². The van der Waals surface area contributed by atoms with Crippen molar-refractivity contribution < 1.29 is 33.0 Å². The van der Waals surface area contributed by atoms with Crippen molar-refractivity contribution in [3.63, 3.8) is 0 Å². The number of hydrogen-bond donors (Lipinski definition) is 4. The summed E-state index contributed by atoms with van der Waals surface area (Å²) in [6, 6.07) is 20.0. The van der Waals surface area contributed by atoms with Crippen LogP contribution in [0.2, 0.25) is 0 Å². The molecule has 11 heteroatoms. The van der Waals surface area contributed by atoms with E-state index < -0.39 is 47.7 Å². The van der Waals surface area contributed by atoms with Gasteiger partial charge in [0, 0.05) is 25.2 Å². The predicted octanol–water partition coefficient (Wildman–Crippen LogP) is 3.83. The van der Waals surface area contributed by atoms with E-state index >= 15 is 0 Å². The molecule has 0 bridgehead atoms. The van der Waals surface area contributed by atoms with Crippen molar-refractivity contribution in [2.45, 2.75) is 69.5 Å². The van der Waals surface area contributed by atoms with Gasteiger partial charge in [-0.25, -0.2) is 4.39 Å². The largest absolute Gasteiger partial charge is 0.491 e. The van der Waals surface area contributed by atoms with Crippen molar-refractivity contribution in [3.8, 4) is 5.75 Å². The maximum absolute atomic E-state index is 14.3. The molecule has 260 valence electrons. The highest BCUT2D eigenvalue weighted by molar-refractivity contribution is 6.01. The number of fused-ring (bicyclic) bond motifs is 1. The molecule has 0 aliphatic carbocycles. The van der Waals surface area contributed by atoms with Gasteiger partial charge in [0.2, 0.25) is 17.7 Å². The van der Waals surface area contributed by atoms with Crippen LogP contribution in [0.5, 0.6) is 5.75 Å². The Bertz CT molecular complexity index is 1610. The summed E-state index contributed by atoms with van der Waals surface area (Å²) in [6.07, 6.45) is 1.52. The van der Waals surface area contributed by atoms with E-state index in [4.69, 9.17) is 9.47 Å². The number of nitrogens with one attached hydrogen (secondary N) is 4. The van der Waals surface area contributed by atoms with E-state index in [1.165, 1.54) is 12.1 Å². The first-order chi connectivity index (χ1) is 23.6. The third-order valence-corrected chi connectivity index (χ3v) is 9.10. The Labute approximate surface area is 286 Å². The molecule has 0 radical (unpaired) electrons. The smallest absolute Gasteiger partial charge is 0.255 e. The third kappa shape index (κ3) is 9.66. The molecular formula is C38H45FN4O6. The van der Waals surface area contributed by atoms with E-state index in [-0.39, 0.29) is 42.1 Å². The summed E-state index contributed by atoms with van der Waals surface area (Å²) in [4.78, 5) is 54.8. The van der Waals surface area contributed by atoms with Gasteiger partial charge in [0.15, 0.2) is 0 Å². The van der Waals surface area contributed by atoms with Crippen LogP contribution in [-0.2, 0) is 31.0 Å². The number of benzene rings is 3. The van der Waals surface area contributed by atoms with Crippen molar-refractivity contribution >= 4 is 23.6 Å². The van der Waals surface area contributed by atoms with E-state index in [2.05, 4.69) is 21.3 Å². The number of para-hydroxylation sites is 1. The lowest BCUT2D eigenvalue weighted by molar-refractivity contribution is -0.131. The third-order valence-electron chi connectivity index (χ3n) is 9.10. The molecule has 1 fully saturated rings. The summed E-state index contributed by atoms with van der Waals surface area (Å²) in [6.45, 7) is 4.99. The van der Waals surface area contributed by atoms with Gasteiger partial charge in [0.05, 0.1) is 18.0 Å². The van der Waals surface area contributed by atoms with Crippen molar-refractivity contribution in [2.75, 3.05) is 26.4 Å². The number of rotatable bonds is 8. The molecule has 0 aromatic heterocycles. The summed E-state index contributed by atoms with van der Waals surface area (Å²) >= 11 is 0. The second kappa shape index (κ2) is 16.6. The first-order valence-electron chi connectivity index (χ1n) is 16.9. The standard InChI is InChI=1S/C38H45FN4O6/c1-25(2)19-31-37(47)41-29(20-26-9-4-3-5-10-26)23-49-33-14-7-6-13-30(33)35(45)43-32(22-34(44)42-31)36(46)40-24-38(15-17-48-18-16-38)27-11-8-12-28(39)21-27/h3-14,21,25,29,31-32H,15-20,22-24H2,1-2H3,(H,40,46)(H,41,47)(H,42,44)(H,43,45)/t29-,31+,32+/m1/s1. The van der Waals surface area contributed by atoms with Crippen LogP contribution in [0.25, 0.3) is 0 Å². The highest BCUT2D eigenvalue weighted by Gasteiger charge is 2.37. The Hall–Kier alpha value is -4.77. The molecule has 0 spiro atoms. The number of hydrogen-bond acceptors (Lipinski definition) is 6. The molecule has 3 aromatic carbocycles. The van der Waals surface area contributed by atoms with Crippen LogP contribution in [0.4, 0.5) is 4.39 Å². The number of carbonyl (C=O) groups excluding carboxylic acids is 4. The molecule has 3 atom stereocenters. The van der Waals surface area contributed by atoms with Gasteiger partial charge in [0.25, 0.3) is 5.91 Å². The minimum absolute atomic E-state index is 0.0586. The molecule has 4 amide bonds. The van der Waals surface area contributed by atoms with Crippen LogP contribution in [0.3, 0.4) is 0 Å². The molecule has 2 heterocycles. The Morgan fingerprint density at radius 3 is 2.41 bits per heavy atom. The molecule has 5 rings (SSSR count). The molecule has 4 N–H and O–H groups in total. The highest BCUT2D eigenvalue weighted by atomic mass is 19.1. The lowest BCUT2D eigenvalue weighted by Gasteiger charge is -2.38. The van der Waals surface area contributed by atoms with Crippen LogP contribution < -0.4 is 26.0 Å². The number of amides is 4. The molecule has 0 unspecified atom stereocenters. The number of ether oxygens (including phenoxy) is 2. The minimum Gasteiger partial charge on any atom is -0.491 e. The van der Waals surface area contributed by atoms with Gasteiger partial charge >= 0.3 is 0 Å².